The van der Waals surface area contributed by atoms with Crippen LogP contribution in [0.25, 0.3) is 5.57 Å². The highest BCUT2D eigenvalue weighted by molar-refractivity contribution is 5.75. The molecule has 1 aromatic carbocycles. The highest BCUT2D eigenvalue weighted by Gasteiger charge is 2.13. The second kappa shape index (κ2) is 16.1. The van der Waals surface area contributed by atoms with E-state index in [-0.39, 0.29) is 6.10 Å². The van der Waals surface area contributed by atoms with E-state index in [9.17, 15) is 0 Å². The zero-order chi connectivity index (χ0) is 27.0. The molecule has 198 valence electrons. The first-order valence-corrected chi connectivity index (χ1v) is 13.6. The number of hydrogen-bond acceptors (Lipinski definition) is 3. The van der Waals surface area contributed by atoms with Crippen LogP contribution in [0, 0.1) is 5.92 Å². The lowest BCUT2D eigenvalue weighted by Crippen LogP contribution is -2.26. The topological polar surface area (TPSA) is 33.3 Å². The molecule has 2 atom stereocenters. The lowest BCUT2D eigenvalue weighted by Gasteiger charge is -2.18. The van der Waals surface area contributed by atoms with Crippen molar-refractivity contribution < 1.29 is 4.74 Å². The number of nitrogens with one attached hydrogen (secondary N) is 2. The van der Waals surface area contributed by atoms with Crippen molar-refractivity contribution in [1.82, 2.24) is 10.9 Å². The minimum atomic E-state index is 0.00816. The molecule has 2 aliphatic rings. The summed E-state index contributed by atoms with van der Waals surface area (Å²) in [5.74, 6) is 0.313. The Labute approximate surface area is 229 Å². The van der Waals surface area contributed by atoms with Crippen LogP contribution in [0.5, 0.6) is 0 Å². The molecule has 2 aliphatic carbocycles. The van der Waals surface area contributed by atoms with E-state index in [2.05, 4.69) is 122 Å². The predicted octanol–water partition coefficient (Wildman–Crippen LogP) is 8.45. The van der Waals surface area contributed by atoms with E-state index in [1.807, 2.05) is 38.5 Å². The van der Waals surface area contributed by atoms with Gasteiger partial charge in [-0.2, -0.15) is 0 Å². The molecule has 3 nitrogen and oxygen atoms in total. The summed E-state index contributed by atoms with van der Waals surface area (Å²) in [5.41, 5.74) is 13.6. The Bertz CT molecular complexity index is 1200. The van der Waals surface area contributed by atoms with Crippen LogP contribution in [0.15, 0.2) is 144 Å². The van der Waals surface area contributed by atoms with Crippen LogP contribution in [0.4, 0.5) is 0 Å². The number of allylic oxidation sites excluding steroid dienone is 17. The van der Waals surface area contributed by atoms with Crippen molar-refractivity contribution in [2.75, 3.05) is 7.05 Å². The molecule has 0 heterocycles. The number of hydrogen-bond donors (Lipinski definition) is 2. The van der Waals surface area contributed by atoms with E-state index >= 15 is 0 Å². The van der Waals surface area contributed by atoms with E-state index in [1.165, 1.54) is 22.3 Å². The minimum absolute atomic E-state index is 0.00816. The van der Waals surface area contributed by atoms with Crippen LogP contribution < -0.4 is 10.9 Å². The quantitative estimate of drug-likeness (QED) is 0.169. The number of hydrazine groups is 1. The fourth-order valence-corrected chi connectivity index (χ4v) is 4.25. The van der Waals surface area contributed by atoms with Gasteiger partial charge in [0.25, 0.3) is 0 Å². The molecule has 1 aromatic rings. The summed E-state index contributed by atoms with van der Waals surface area (Å²) >= 11 is 0. The van der Waals surface area contributed by atoms with Gasteiger partial charge in [0.05, 0.1) is 12.0 Å². The first-order chi connectivity index (χ1) is 18.6. The fourth-order valence-electron chi connectivity index (χ4n) is 4.25. The van der Waals surface area contributed by atoms with Gasteiger partial charge < -0.3 is 10.2 Å². The van der Waals surface area contributed by atoms with E-state index in [0.717, 1.165) is 30.5 Å². The molecule has 0 radical (unpaired) electrons. The highest BCUT2D eigenvalue weighted by atomic mass is 16.5. The summed E-state index contributed by atoms with van der Waals surface area (Å²) < 4.78 is 6.04. The first-order valence-electron chi connectivity index (χ1n) is 13.6. The molecule has 0 bridgehead atoms. The van der Waals surface area contributed by atoms with Gasteiger partial charge in [-0.1, -0.05) is 110 Å². The lowest BCUT2D eigenvalue weighted by atomic mass is 9.89. The molecule has 0 aliphatic heterocycles. The molecule has 2 N–H and O–H groups in total. The van der Waals surface area contributed by atoms with E-state index in [0.29, 0.717) is 5.92 Å². The van der Waals surface area contributed by atoms with Gasteiger partial charge in [0.1, 0.15) is 6.10 Å². The molecule has 0 saturated heterocycles. The van der Waals surface area contributed by atoms with Crippen molar-refractivity contribution in [3.05, 3.63) is 150 Å². The standard InChI is InChI=1S/C35H42N2O/c1-5-7-10-14-28(3)38-27-34(16-8-6-2)33-19-13-15-29(26-33)20-21-32-23-22-31(24-25-35(32)37-36-4)30-17-11-9-12-18-30/h5,7-22,24-25,27-29,36-37H,6,23,26H2,1-4H3/b7-5-,14-10-,16-8-,21-20-,34-27-. The Morgan fingerprint density at radius 2 is 2.00 bits per heavy atom. The second-order valence-electron chi connectivity index (χ2n) is 9.32. The maximum atomic E-state index is 6.04. The summed E-state index contributed by atoms with van der Waals surface area (Å²) in [4.78, 5) is 0. The van der Waals surface area contributed by atoms with E-state index in [4.69, 9.17) is 4.74 Å². The lowest BCUT2D eigenvalue weighted by molar-refractivity contribution is 0.202. The van der Waals surface area contributed by atoms with Crippen molar-refractivity contribution in [1.29, 1.82) is 0 Å². The van der Waals surface area contributed by atoms with Gasteiger partial charge in [0.15, 0.2) is 0 Å². The van der Waals surface area contributed by atoms with Crippen molar-refractivity contribution in [2.45, 2.75) is 46.1 Å². The van der Waals surface area contributed by atoms with Gasteiger partial charge in [0.2, 0.25) is 0 Å². The zero-order valence-corrected chi connectivity index (χ0v) is 23.2. The van der Waals surface area contributed by atoms with Gasteiger partial charge in [-0.3, -0.25) is 0 Å². The third-order valence-electron chi connectivity index (χ3n) is 6.34. The molecule has 0 saturated carbocycles. The van der Waals surface area contributed by atoms with Crippen molar-refractivity contribution in [3.8, 4) is 0 Å². The molecule has 38 heavy (non-hydrogen) atoms. The molecule has 3 rings (SSSR count). The van der Waals surface area contributed by atoms with Crippen LogP contribution in [0.3, 0.4) is 0 Å². The van der Waals surface area contributed by atoms with Gasteiger partial charge in [0, 0.05) is 12.6 Å². The Morgan fingerprint density at radius 1 is 1.16 bits per heavy atom. The van der Waals surface area contributed by atoms with Gasteiger partial charge in [-0.15, -0.1) is 0 Å². The van der Waals surface area contributed by atoms with Crippen molar-refractivity contribution >= 4 is 5.57 Å². The maximum Gasteiger partial charge on any atom is 0.113 e. The molecule has 0 fully saturated rings. The van der Waals surface area contributed by atoms with E-state index < -0.39 is 0 Å². The first kappa shape index (κ1) is 28.7. The molecule has 0 spiro atoms. The summed E-state index contributed by atoms with van der Waals surface area (Å²) in [6.07, 6.45) is 35.0. The van der Waals surface area contributed by atoms with Crippen LogP contribution in [-0.2, 0) is 4.74 Å². The zero-order valence-electron chi connectivity index (χ0n) is 23.2. The summed E-state index contributed by atoms with van der Waals surface area (Å²) in [5, 5.41) is 0. The van der Waals surface area contributed by atoms with Crippen molar-refractivity contribution in [3.63, 3.8) is 0 Å². The predicted molar refractivity (Wildman–Crippen MR) is 164 cm³/mol. The Kier molecular flexibility index (Phi) is 12.2. The molecule has 3 heteroatoms. The van der Waals surface area contributed by atoms with Crippen LogP contribution in [-0.4, -0.2) is 13.2 Å². The Morgan fingerprint density at radius 3 is 2.76 bits per heavy atom. The Balaban J connectivity index is 1.74. The van der Waals surface area contributed by atoms with Gasteiger partial charge >= 0.3 is 0 Å². The molecule has 2 unspecified atom stereocenters. The smallest absolute Gasteiger partial charge is 0.113 e. The largest absolute Gasteiger partial charge is 0.494 e. The van der Waals surface area contributed by atoms with Crippen LogP contribution >= 0.6 is 0 Å². The third kappa shape index (κ3) is 9.24. The average molecular weight is 507 g/mol. The normalized spacial score (nSPS) is 19.5. The molecular weight excluding hydrogens is 464 g/mol. The fraction of sp³-hybridized carbons (Fsp3) is 0.257. The average Bonchev–Trinajstić information content (AvgIpc) is 3.15. The summed E-state index contributed by atoms with van der Waals surface area (Å²) in [7, 11) is 1.90. The second-order valence-corrected chi connectivity index (χ2v) is 9.32. The molecular formula is C35H42N2O. The van der Waals surface area contributed by atoms with E-state index in [1.54, 1.807) is 0 Å². The van der Waals surface area contributed by atoms with Gasteiger partial charge in [-0.05, 0) is 73.5 Å². The van der Waals surface area contributed by atoms with Crippen LogP contribution in [0.1, 0.15) is 45.6 Å². The number of benzene rings is 1. The Hall–Kier alpha value is -3.82. The monoisotopic (exact) mass is 506 g/mol. The van der Waals surface area contributed by atoms with Crippen LogP contribution in [0.2, 0.25) is 0 Å². The summed E-state index contributed by atoms with van der Waals surface area (Å²) in [6, 6.07) is 10.5. The number of ether oxygens (including phenoxy) is 1. The third-order valence-corrected chi connectivity index (χ3v) is 6.34. The van der Waals surface area contributed by atoms with Gasteiger partial charge in [-0.25, -0.2) is 5.43 Å². The minimum Gasteiger partial charge on any atom is -0.494 e. The molecule has 0 aromatic heterocycles. The highest BCUT2D eigenvalue weighted by Crippen LogP contribution is 2.29. The SMILES string of the molecule is C/C=C\C=C/C(C)O/C=C(/C=C\CC)C1=CC=CC(/C=C\C2=C(NNC)C=CC(c3ccccc3)=CC2)C1. The number of rotatable bonds is 12. The summed E-state index contributed by atoms with van der Waals surface area (Å²) in [6.45, 7) is 6.22. The maximum absolute atomic E-state index is 6.04. The van der Waals surface area contributed by atoms with Crippen molar-refractivity contribution in [2.24, 2.45) is 5.92 Å². The molecule has 0 amide bonds.